The van der Waals surface area contributed by atoms with Crippen molar-refractivity contribution in [3.8, 4) is 0 Å². The molecule has 0 saturated carbocycles. The zero-order chi connectivity index (χ0) is 17.1. The Kier molecular flexibility index (Phi) is 5.02. The first-order chi connectivity index (χ1) is 10.7. The summed E-state index contributed by atoms with van der Waals surface area (Å²) in [6.45, 7) is 6.81. The molecule has 0 aliphatic rings. The fourth-order valence-corrected chi connectivity index (χ4v) is 3.85. The van der Waals surface area contributed by atoms with Crippen molar-refractivity contribution in [2.45, 2.75) is 30.7 Å². The van der Waals surface area contributed by atoms with Crippen LogP contribution in [-0.4, -0.2) is 8.42 Å². The fourth-order valence-electron chi connectivity index (χ4n) is 2.46. The quantitative estimate of drug-likeness (QED) is 0.866. The molecule has 0 bridgehead atoms. The van der Waals surface area contributed by atoms with E-state index in [0.717, 1.165) is 5.56 Å². The van der Waals surface area contributed by atoms with Crippen LogP contribution in [0.4, 0.5) is 4.39 Å². The summed E-state index contributed by atoms with van der Waals surface area (Å²) in [5.41, 5.74) is 0.526. The number of halogens is 1. The first kappa shape index (κ1) is 17.4. The van der Waals surface area contributed by atoms with E-state index < -0.39 is 21.4 Å². The van der Waals surface area contributed by atoms with Gasteiger partial charge in [0.15, 0.2) is 0 Å². The van der Waals surface area contributed by atoms with Crippen LogP contribution >= 0.6 is 0 Å². The van der Waals surface area contributed by atoms with Gasteiger partial charge in [0.25, 0.3) is 0 Å². The third-order valence-electron chi connectivity index (χ3n) is 3.65. The molecule has 0 aromatic heterocycles. The van der Waals surface area contributed by atoms with Crippen LogP contribution in [0.1, 0.15) is 24.5 Å². The van der Waals surface area contributed by atoms with E-state index in [2.05, 4.69) is 11.3 Å². The van der Waals surface area contributed by atoms with Gasteiger partial charge >= 0.3 is 0 Å². The van der Waals surface area contributed by atoms with Gasteiger partial charge in [-0.2, -0.15) is 0 Å². The first-order valence-corrected chi connectivity index (χ1v) is 8.71. The van der Waals surface area contributed by atoms with Crippen molar-refractivity contribution in [3.05, 3.63) is 78.1 Å². The average molecular weight is 333 g/mol. The molecule has 0 amide bonds. The molecule has 122 valence electrons. The largest absolute Gasteiger partial charge is 0.241 e. The normalized spacial score (nSPS) is 14.2. The van der Waals surface area contributed by atoms with Crippen molar-refractivity contribution >= 4 is 10.0 Å². The smallest absolute Gasteiger partial charge is 0.212 e. The maximum absolute atomic E-state index is 13.5. The molecule has 1 atom stereocenters. The van der Waals surface area contributed by atoms with Gasteiger partial charge in [-0.1, -0.05) is 54.6 Å². The van der Waals surface area contributed by atoms with Gasteiger partial charge in [-0.25, -0.2) is 17.5 Å². The zero-order valence-electron chi connectivity index (χ0n) is 13.2. The Bertz CT molecular complexity index is 786. The Labute approximate surface area is 136 Å². The molecule has 1 unspecified atom stereocenters. The number of hydrogen-bond acceptors (Lipinski definition) is 2. The lowest BCUT2D eigenvalue weighted by atomic mass is 9.89. The van der Waals surface area contributed by atoms with E-state index in [0.29, 0.717) is 5.56 Å². The molecular weight excluding hydrogens is 313 g/mol. The summed E-state index contributed by atoms with van der Waals surface area (Å²) >= 11 is 0. The number of sulfonamides is 1. The number of rotatable bonds is 6. The molecule has 0 spiro atoms. The van der Waals surface area contributed by atoms with Gasteiger partial charge in [0.2, 0.25) is 10.0 Å². The van der Waals surface area contributed by atoms with Crippen molar-refractivity contribution < 1.29 is 12.8 Å². The lowest BCUT2D eigenvalue weighted by Crippen LogP contribution is -2.43. The molecular formula is C18H20FNO2S. The van der Waals surface area contributed by atoms with Crippen LogP contribution in [0.15, 0.2) is 71.9 Å². The number of benzene rings is 2. The highest BCUT2D eigenvalue weighted by molar-refractivity contribution is 7.89. The maximum atomic E-state index is 13.5. The van der Waals surface area contributed by atoms with E-state index in [4.69, 9.17) is 0 Å². The number of hydrogen-bond donors (Lipinski definition) is 1. The Balaban J connectivity index is 2.41. The van der Waals surface area contributed by atoms with Gasteiger partial charge in [-0.3, -0.25) is 0 Å². The standard InChI is InChI=1S/C18H20FNO2S/c1-14-9-11-17(12-10-14)23(21,22)20-18(3,13-15(2)19)16-7-5-4-6-8-16/h4-12,20H,2,13H2,1,3H3. The summed E-state index contributed by atoms with van der Waals surface area (Å²) in [6.07, 6.45) is -0.137. The van der Waals surface area contributed by atoms with Gasteiger partial charge in [0, 0.05) is 6.42 Å². The van der Waals surface area contributed by atoms with E-state index in [1.807, 2.05) is 13.0 Å². The third kappa shape index (κ3) is 4.27. The van der Waals surface area contributed by atoms with Crippen LogP contribution in [0.2, 0.25) is 0 Å². The van der Waals surface area contributed by atoms with E-state index in [9.17, 15) is 12.8 Å². The van der Waals surface area contributed by atoms with Crippen molar-refractivity contribution in [2.24, 2.45) is 0 Å². The Morgan fingerprint density at radius 2 is 1.70 bits per heavy atom. The molecule has 2 rings (SSSR count). The predicted octanol–water partition coefficient (Wildman–Crippen LogP) is 4.06. The van der Waals surface area contributed by atoms with Gasteiger partial charge in [0.05, 0.1) is 16.3 Å². The molecule has 0 aliphatic carbocycles. The average Bonchev–Trinajstić information content (AvgIpc) is 2.47. The minimum Gasteiger partial charge on any atom is -0.212 e. The Hall–Kier alpha value is -1.98. The molecule has 2 aromatic rings. The van der Waals surface area contributed by atoms with Gasteiger partial charge < -0.3 is 0 Å². The van der Waals surface area contributed by atoms with Crippen LogP contribution < -0.4 is 4.72 Å². The molecule has 23 heavy (non-hydrogen) atoms. The topological polar surface area (TPSA) is 46.2 Å². The summed E-state index contributed by atoms with van der Waals surface area (Å²) < 4.78 is 41.4. The highest BCUT2D eigenvalue weighted by Gasteiger charge is 2.33. The summed E-state index contributed by atoms with van der Waals surface area (Å²) in [5.74, 6) is -0.581. The number of aryl methyl sites for hydroxylation is 1. The second-order valence-electron chi connectivity index (χ2n) is 5.81. The molecule has 1 N–H and O–H groups in total. The van der Waals surface area contributed by atoms with Gasteiger partial charge in [0.1, 0.15) is 0 Å². The second-order valence-corrected chi connectivity index (χ2v) is 7.49. The van der Waals surface area contributed by atoms with Gasteiger partial charge in [-0.05, 0) is 31.5 Å². The lowest BCUT2D eigenvalue weighted by Gasteiger charge is -2.30. The van der Waals surface area contributed by atoms with Crippen LogP contribution in [0, 0.1) is 6.92 Å². The number of nitrogens with one attached hydrogen (secondary N) is 1. The SMILES string of the molecule is C=C(F)CC(C)(NS(=O)(=O)c1ccc(C)cc1)c1ccccc1. The van der Waals surface area contributed by atoms with E-state index in [-0.39, 0.29) is 11.3 Å². The highest BCUT2D eigenvalue weighted by atomic mass is 32.2. The molecule has 0 saturated heterocycles. The van der Waals surface area contributed by atoms with E-state index >= 15 is 0 Å². The van der Waals surface area contributed by atoms with Crippen molar-refractivity contribution in [1.82, 2.24) is 4.72 Å². The first-order valence-electron chi connectivity index (χ1n) is 7.22. The maximum Gasteiger partial charge on any atom is 0.241 e. The fraction of sp³-hybridized carbons (Fsp3) is 0.222. The van der Waals surface area contributed by atoms with Crippen LogP contribution in [0.5, 0.6) is 0 Å². The van der Waals surface area contributed by atoms with E-state index in [1.165, 1.54) is 12.1 Å². The zero-order valence-corrected chi connectivity index (χ0v) is 14.0. The minimum absolute atomic E-state index is 0.137. The molecule has 0 radical (unpaired) electrons. The van der Waals surface area contributed by atoms with Crippen molar-refractivity contribution in [2.75, 3.05) is 0 Å². The van der Waals surface area contributed by atoms with Crippen LogP contribution in [0.3, 0.4) is 0 Å². The summed E-state index contributed by atoms with van der Waals surface area (Å²) in [7, 11) is -3.79. The van der Waals surface area contributed by atoms with Gasteiger partial charge in [-0.15, -0.1) is 0 Å². The summed E-state index contributed by atoms with van der Waals surface area (Å²) in [5, 5.41) is 0. The lowest BCUT2D eigenvalue weighted by molar-refractivity contribution is 0.391. The van der Waals surface area contributed by atoms with Crippen LogP contribution in [-0.2, 0) is 15.6 Å². The molecule has 0 aliphatic heterocycles. The molecule has 5 heteroatoms. The molecule has 2 aromatic carbocycles. The van der Waals surface area contributed by atoms with E-state index in [1.54, 1.807) is 43.3 Å². The second kappa shape index (κ2) is 6.64. The molecule has 3 nitrogen and oxygen atoms in total. The highest BCUT2D eigenvalue weighted by Crippen LogP contribution is 2.30. The Morgan fingerprint density at radius 1 is 1.13 bits per heavy atom. The summed E-state index contributed by atoms with van der Waals surface area (Å²) in [4.78, 5) is 0.148. The predicted molar refractivity (Wildman–Crippen MR) is 90.2 cm³/mol. The van der Waals surface area contributed by atoms with Crippen LogP contribution in [0.25, 0.3) is 0 Å². The minimum atomic E-state index is -3.79. The monoisotopic (exact) mass is 333 g/mol. The third-order valence-corrected chi connectivity index (χ3v) is 5.26. The van der Waals surface area contributed by atoms with Crippen molar-refractivity contribution in [3.63, 3.8) is 0 Å². The molecule has 0 fully saturated rings. The molecule has 0 heterocycles. The summed E-state index contributed by atoms with van der Waals surface area (Å²) in [6, 6.07) is 15.4. The Morgan fingerprint density at radius 3 is 2.22 bits per heavy atom. The van der Waals surface area contributed by atoms with Crippen molar-refractivity contribution in [1.29, 1.82) is 0 Å².